The van der Waals surface area contributed by atoms with Gasteiger partial charge in [0.15, 0.2) is 0 Å². The van der Waals surface area contributed by atoms with E-state index >= 15 is 0 Å². The third kappa shape index (κ3) is 4.75. The highest BCUT2D eigenvalue weighted by atomic mass is 16.5. The van der Waals surface area contributed by atoms with E-state index in [1.807, 2.05) is 13.0 Å². The molecule has 0 spiro atoms. The van der Waals surface area contributed by atoms with Gasteiger partial charge in [-0.15, -0.1) is 0 Å². The number of carbonyl (C=O) groups excluding carboxylic acids is 1. The average Bonchev–Trinajstić information content (AvgIpc) is 2.83. The minimum Gasteiger partial charge on any atom is -0.458 e. The second-order valence-corrected chi connectivity index (χ2v) is 9.05. The second kappa shape index (κ2) is 7.65. The first-order valence-electron chi connectivity index (χ1n) is 9.82. The van der Waals surface area contributed by atoms with Gasteiger partial charge in [-0.2, -0.15) is 0 Å². The predicted octanol–water partition coefficient (Wildman–Crippen LogP) is 5.04. The first-order chi connectivity index (χ1) is 11.5. The maximum Gasteiger partial charge on any atom is 0.303 e. The molecule has 1 N–H and O–H groups in total. The van der Waals surface area contributed by atoms with Gasteiger partial charge in [0.25, 0.3) is 0 Å². The van der Waals surface area contributed by atoms with Crippen LogP contribution in [0.15, 0.2) is 24.3 Å². The van der Waals surface area contributed by atoms with Crippen molar-refractivity contribution in [3.05, 3.63) is 24.3 Å². The Kier molecular flexibility index (Phi) is 6.19. The van der Waals surface area contributed by atoms with Crippen LogP contribution >= 0.6 is 0 Å². The molecule has 0 saturated heterocycles. The summed E-state index contributed by atoms with van der Waals surface area (Å²) >= 11 is 0. The maximum atomic E-state index is 11.5. The summed E-state index contributed by atoms with van der Waals surface area (Å²) in [4.78, 5) is 11.5. The van der Waals surface area contributed by atoms with Gasteiger partial charge in [0, 0.05) is 6.92 Å². The van der Waals surface area contributed by atoms with Crippen molar-refractivity contribution in [2.75, 3.05) is 0 Å². The molecular weight excluding hydrogens is 312 g/mol. The minimum absolute atomic E-state index is 0.203. The largest absolute Gasteiger partial charge is 0.458 e. The fraction of sp³-hybridized carbons (Fsp3) is 0.773. The van der Waals surface area contributed by atoms with Crippen molar-refractivity contribution in [2.24, 2.45) is 23.2 Å². The molecule has 2 aliphatic rings. The van der Waals surface area contributed by atoms with Crippen molar-refractivity contribution in [3.8, 4) is 0 Å². The highest BCUT2D eigenvalue weighted by Gasteiger charge is 2.46. The van der Waals surface area contributed by atoms with Gasteiger partial charge in [0.1, 0.15) is 6.10 Å². The van der Waals surface area contributed by atoms with Crippen LogP contribution in [0.25, 0.3) is 0 Å². The summed E-state index contributed by atoms with van der Waals surface area (Å²) in [5.41, 5.74) is 0.316. The van der Waals surface area contributed by atoms with Crippen LogP contribution in [-0.4, -0.2) is 22.8 Å². The quantitative estimate of drug-likeness (QED) is 0.561. The van der Waals surface area contributed by atoms with Gasteiger partial charge in [-0.1, -0.05) is 39.5 Å². The van der Waals surface area contributed by atoms with Crippen molar-refractivity contribution in [2.45, 2.75) is 84.8 Å². The Bertz CT molecular complexity index is 531. The number of rotatable bonds is 2. The molecule has 142 valence electrons. The molecule has 0 aromatic rings. The zero-order chi connectivity index (χ0) is 18.8. The van der Waals surface area contributed by atoms with E-state index in [2.05, 4.69) is 33.4 Å². The lowest BCUT2D eigenvalue weighted by atomic mass is 9.66. The highest BCUT2D eigenvalue weighted by Crippen LogP contribution is 2.55. The lowest BCUT2D eigenvalue weighted by Gasteiger charge is -2.39. The number of hydrogen-bond acceptors (Lipinski definition) is 3. The van der Waals surface area contributed by atoms with Gasteiger partial charge in [-0.05, 0) is 74.2 Å². The van der Waals surface area contributed by atoms with Crippen LogP contribution in [-0.2, 0) is 9.53 Å². The summed E-state index contributed by atoms with van der Waals surface area (Å²) in [6.45, 7) is 14.6. The summed E-state index contributed by atoms with van der Waals surface area (Å²) in [7, 11) is 0. The number of ether oxygens (including phenoxy) is 1. The first kappa shape index (κ1) is 20.2. The van der Waals surface area contributed by atoms with Crippen LogP contribution in [0.3, 0.4) is 0 Å². The molecule has 5 atom stereocenters. The van der Waals surface area contributed by atoms with Gasteiger partial charge in [-0.3, -0.25) is 4.79 Å². The van der Waals surface area contributed by atoms with Crippen LogP contribution in [0, 0.1) is 23.2 Å². The standard InChI is InChI=1S/C22H36O3/c1-15(2)19-8-7-18-10-12-21(5,24)13-11-20(25-17(4)23)16(3)9-14-22(18,19)6/h10,12,15,18-20,24H,3,7-9,11,13-14H2,1-2,4-6H3. The Morgan fingerprint density at radius 2 is 1.96 bits per heavy atom. The second-order valence-electron chi connectivity index (χ2n) is 9.05. The molecule has 0 aliphatic heterocycles. The number of carbonyl (C=O) groups is 1. The lowest BCUT2D eigenvalue weighted by molar-refractivity contribution is -0.145. The molecule has 1 saturated carbocycles. The zero-order valence-corrected chi connectivity index (χ0v) is 16.7. The monoisotopic (exact) mass is 348 g/mol. The SMILES string of the molecule is C=C1CCC2(C)C(C=CC(C)(O)CCC1OC(C)=O)CCC2C(C)C. The third-order valence-electron chi connectivity index (χ3n) is 6.64. The molecule has 2 aliphatic carbocycles. The van der Waals surface area contributed by atoms with Crippen molar-refractivity contribution >= 4 is 5.97 Å². The molecule has 0 amide bonds. The molecule has 0 radical (unpaired) electrons. The molecule has 0 aromatic heterocycles. The molecule has 0 aromatic carbocycles. The first-order valence-corrected chi connectivity index (χ1v) is 9.82. The van der Waals surface area contributed by atoms with Gasteiger partial charge in [-0.25, -0.2) is 0 Å². The van der Waals surface area contributed by atoms with Crippen LogP contribution in [0.1, 0.15) is 73.1 Å². The van der Waals surface area contributed by atoms with Crippen LogP contribution in [0.4, 0.5) is 0 Å². The van der Waals surface area contributed by atoms with Gasteiger partial charge >= 0.3 is 5.97 Å². The summed E-state index contributed by atoms with van der Waals surface area (Å²) in [5.74, 6) is 1.53. The predicted molar refractivity (Wildman–Crippen MR) is 102 cm³/mol. The molecule has 0 heterocycles. The molecular formula is C22H36O3. The Hall–Kier alpha value is -1.09. The number of allylic oxidation sites excluding steroid dienone is 1. The topological polar surface area (TPSA) is 46.5 Å². The number of hydrogen-bond donors (Lipinski definition) is 1. The molecule has 2 rings (SSSR count). The van der Waals surface area contributed by atoms with Crippen molar-refractivity contribution < 1.29 is 14.6 Å². The Balaban J connectivity index is 2.32. The smallest absolute Gasteiger partial charge is 0.303 e. The molecule has 0 bridgehead atoms. The van der Waals surface area contributed by atoms with Crippen LogP contribution in [0.2, 0.25) is 0 Å². The van der Waals surface area contributed by atoms with Gasteiger partial charge < -0.3 is 9.84 Å². The van der Waals surface area contributed by atoms with E-state index in [1.165, 1.54) is 19.8 Å². The van der Waals surface area contributed by atoms with E-state index in [4.69, 9.17) is 4.74 Å². The third-order valence-corrected chi connectivity index (χ3v) is 6.64. The fourth-order valence-corrected chi connectivity index (χ4v) is 5.04. The molecule has 5 unspecified atom stereocenters. The van der Waals surface area contributed by atoms with Crippen LogP contribution < -0.4 is 0 Å². The number of aliphatic hydroxyl groups is 1. The normalized spacial score (nSPS) is 39.8. The van der Waals surface area contributed by atoms with Gasteiger partial charge in [0.2, 0.25) is 0 Å². The maximum absolute atomic E-state index is 11.5. The van der Waals surface area contributed by atoms with E-state index < -0.39 is 5.60 Å². The van der Waals surface area contributed by atoms with E-state index in [0.717, 1.165) is 18.4 Å². The zero-order valence-electron chi connectivity index (χ0n) is 16.7. The van der Waals surface area contributed by atoms with E-state index in [-0.39, 0.29) is 17.5 Å². The fourth-order valence-electron chi connectivity index (χ4n) is 5.04. The van der Waals surface area contributed by atoms with Crippen molar-refractivity contribution in [3.63, 3.8) is 0 Å². The van der Waals surface area contributed by atoms with Crippen LogP contribution in [0.5, 0.6) is 0 Å². The number of fused-ring (bicyclic) bond motifs is 1. The van der Waals surface area contributed by atoms with E-state index in [9.17, 15) is 9.90 Å². The highest BCUT2D eigenvalue weighted by molar-refractivity contribution is 5.66. The van der Waals surface area contributed by atoms with Crippen molar-refractivity contribution in [1.29, 1.82) is 0 Å². The molecule has 25 heavy (non-hydrogen) atoms. The summed E-state index contributed by atoms with van der Waals surface area (Å²) in [5, 5.41) is 10.7. The summed E-state index contributed by atoms with van der Waals surface area (Å²) in [6.07, 6.45) is 9.50. The van der Waals surface area contributed by atoms with Crippen molar-refractivity contribution in [1.82, 2.24) is 0 Å². The van der Waals surface area contributed by atoms with E-state index in [0.29, 0.717) is 30.6 Å². The molecule has 3 heteroatoms. The molecule has 1 fully saturated rings. The van der Waals surface area contributed by atoms with E-state index in [1.54, 1.807) is 0 Å². The Morgan fingerprint density at radius 3 is 2.56 bits per heavy atom. The lowest BCUT2D eigenvalue weighted by Crippen LogP contribution is -2.31. The Labute approximate surface area is 153 Å². The summed E-state index contributed by atoms with van der Waals surface area (Å²) in [6, 6.07) is 0. The van der Waals surface area contributed by atoms with Gasteiger partial charge in [0.05, 0.1) is 5.60 Å². The Morgan fingerprint density at radius 1 is 1.28 bits per heavy atom. The minimum atomic E-state index is -0.875. The molecule has 3 nitrogen and oxygen atoms in total. The summed E-state index contributed by atoms with van der Waals surface area (Å²) < 4.78 is 5.51. The number of esters is 1. The average molecular weight is 349 g/mol.